The summed E-state index contributed by atoms with van der Waals surface area (Å²) in [6.45, 7) is 18.1. The summed E-state index contributed by atoms with van der Waals surface area (Å²) in [4.78, 5) is 75.1. The van der Waals surface area contributed by atoms with Crippen LogP contribution in [-0.2, 0) is 35.3 Å². The minimum atomic E-state index is -0.425. The molecule has 8 rings (SSSR count). The standard InChI is InChI=1S/C66H86N10O6/c1-7-11-19-53-41-57-43-55(65(80)73(10-4)45-59-68-70-71-69-59)31-38-74(57)61(53)63(78)51-23-21-48(22-24-51)18-17-37-72(35-13-9-3)36-15-14-16-40-82-60(77)46-76(47(5)6)66(81)56-32-39-75-58(44-56)42-54(20-12-8-2)62(75)64(79)52-27-25-49(26-28-52)50-29-33-67-34-30-50/h21-28,31-32,38-39,41-44,47,50,67H,7-20,29-30,33-37,40,45-46H2,1-6H3,(H,68,69,70,71). The first-order valence-corrected chi connectivity index (χ1v) is 30.4. The molecule has 16 heteroatoms. The van der Waals surface area contributed by atoms with E-state index in [4.69, 9.17) is 4.74 Å². The zero-order valence-corrected chi connectivity index (χ0v) is 49.4. The summed E-state index contributed by atoms with van der Waals surface area (Å²) in [6.07, 6.45) is 18.0. The van der Waals surface area contributed by atoms with Gasteiger partial charge in [0.15, 0.2) is 5.82 Å². The number of tetrazole rings is 1. The molecule has 0 bridgehead atoms. The van der Waals surface area contributed by atoms with Gasteiger partial charge in [-0.15, -0.1) is 10.2 Å². The van der Waals surface area contributed by atoms with E-state index < -0.39 is 5.97 Å². The van der Waals surface area contributed by atoms with Gasteiger partial charge in [-0.3, -0.25) is 24.0 Å². The van der Waals surface area contributed by atoms with E-state index in [9.17, 15) is 24.0 Å². The fourth-order valence-electron chi connectivity index (χ4n) is 11.3. The number of amides is 2. The lowest BCUT2D eigenvalue weighted by Crippen LogP contribution is -2.41. The molecule has 0 aliphatic carbocycles. The van der Waals surface area contributed by atoms with E-state index in [1.807, 2.05) is 90.5 Å². The Labute approximate surface area is 484 Å². The van der Waals surface area contributed by atoms with E-state index in [0.717, 1.165) is 151 Å². The third kappa shape index (κ3) is 15.6. The van der Waals surface area contributed by atoms with Crippen molar-refractivity contribution in [2.45, 2.75) is 156 Å². The number of nitrogens with one attached hydrogen (secondary N) is 2. The quantitative estimate of drug-likeness (QED) is 0.0233. The Morgan fingerprint density at radius 1 is 0.634 bits per heavy atom. The number of nitrogens with zero attached hydrogens (tertiary/aromatic N) is 8. The maximum Gasteiger partial charge on any atom is 0.325 e. The number of pyridine rings is 2. The SMILES string of the molecule is CCCCc1cc2cc(C(=O)N(CC)Cc3nn[nH]n3)ccn2c1C(=O)c1ccc(CCCN(CCCC)CCCCCOC(=O)CN(C(=O)c2ccn3c(C(=O)c4ccc(C5CCNCC5)cc4)c(CCCC)cc3c2)C(C)C)cc1. The predicted octanol–water partition coefficient (Wildman–Crippen LogP) is 11.3. The van der Waals surface area contributed by atoms with Gasteiger partial charge in [-0.1, -0.05) is 93.8 Å². The van der Waals surface area contributed by atoms with E-state index in [2.05, 4.69) is 75.9 Å². The van der Waals surface area contributed by atoms with Crippen molar-refractivity contribution in [1.82, 2.24) is 49.4 Å². The van der Waals surface area contributed by atoms with Gasteiger partial charge < -0.3 is 33.6 Å². The van der Waals surface area contributed by atoms with Gasteiger partial charge in [0.05, 0.1) is 24.5 Å². The highest BCUT2D eigenvalue weighted by molar-refractivity contribution is 6.11. The number of rotatable bonds is 32. The molecule has 6 heterocycles. The number of piperidine rings is 1. The molecule has 2 amide bonds. The smallest absolute Gasteiger partial charge is 0.325 e. The molecule has 82 heavy (non-hydrogen) atoms. The first-order valence-electron chi connectivity index (χ1n) is 30.4. The van der Waals surface area contributed by atoms with Crippen LogP contribution in [0.1, 0.15) is 205 Å². The lowest BCUT2D eigenvalue weighted by Gasteiger charge is -2.26. The number of esters is 1. The molecule has 0 spiro atoms. The summed E-state index contributed by atoms with van der Waals surface area (Å²) in [6, 6.07) is 27.2. The summed E-state index contributed by atoms with van der Waals surface area (Å²) in [5, 5.41) is 17.5. The largest absolute Gasteiger partial charge is 0.464 e. The Kier molecular flexibility index (Phi) is 22.3. The molecule has 1 aliphatic heterocycles. The molecule has 2 N–H and O–H groups in total. The Morgan fingerprint density at radius 2 is 1.21 bits per heavy atom. The summed E-state index contributed by atoms with van der Waals surface area (Å²) in [5.74, 6) is 0.0628. The number of hydrogen-bond donors (Lipinski definition) is 2. The summed E-state index contributed by atoms with van der Waals surface area (Å²) < 4.78 is 9.55. The number of H-pyrrole nitrogens is 1. The molecule has 0 unspecified atom stereocenters. The first kappa shape index (κ1) is 60.8. The minimum Gasteiger partial charge on any atom is -0.464 e. The van der Waals surface area contributed by atoms with Gasteiger partial charge in [0, 0.05) is 58.3 Å². The van der Waals surface area contributed by atoms with Crippen molar-refractivity contribution < 1.29 is 28.7 Å². The van der Waals surface area contributed by atoms with E-state index >= 15 is 0 Å². The van der Waals surface area contributed by atoms with Crippen molar-refractivity contribution >= 4 is 40.4 Å². The molecule has 0 saturated carbocycles. The van der Waals surface area contributed by atoms with Crippen molar-refractivity contribution in [3.05, 3.63) is 159 Å². The van der Waals surface area contributed by atoms with Gasteiger partial charge in [0.2, 0.25) is 11.6 Å². The van der Waals surface area contributed by atoms with Crippen molar-refractivity contribution in [1.29, 1.82) is 0 Å². The highest BCUT2D eigenvalue weighted by Crippen LogP contribution is 2.29. The molecule has 16 nitrogen and oxygen atoms in total. The second-order valence-corrected chi connectivity index (χ2v) is 22.4. The number of ether oxygens (including phenoxy) is 1. The van der Waals surface area contributed by atoms with Gasteiger partial charge in [-0.2, -0.15) is 5.21 Å². The molecular formula is C66H86N10O6. The van der Waals surface area contributed by atoms with Gasteiger partial charge >= 0.3 is 5.97 Å². The number of unbranched alkanes of at least 4 members (excludes halogenated alkanes) is 5. The molecule has 0 radical (unpaired) electrons. The van der Waals surface area contributed by atoms with Crippen LogP contribution in [0.15, 0.2) is 97.3 Å². The van der Waals surface area contributed by atoms with E-state index in [1.54, 1.807) is 21.9 Å². The molecule has 1 saturated heterocycles. The number of aryl methyl sites for hydroxylation is 3. The van der Waals surface area contributed by atoms with Crippen molar-refractivity contribution in [2.24, 2.45) is 0 Å². The number of hydrogen-bond acceptors (Lipinski definition) is 11. The third-order valence-electron chi connectivity index (χ3n) is 16.2. The van der Waals surface area contributed by atoms with Crippen LogP contribution in [0.5, 0.6) is 0 Å². The second kappa shape index (κ2) is 30.1. The number of benzene rings is 2. The van der Waals surface area contributed by atoms with Gasteiger partial charge in [0.1, 0.15) is 6.54 Å². The Hall–Kier alpha value is -7.30. The van der Waals surface area contributed by atoms with Crippen molar-refractivity contribution in [3.63, 3.8) is 0 Å². The number of aromatic amines is 1. The summed E-state index contributed by atoms with van der Waals surface area (Å²) in [7, 11) is 0. The average Bonchev–Trinajstić information content (AvgIpc) is 4.36. The molecule has 1 fully saturated rings. The monoisotopic (exact) mass is 1110 g/mol. The van der Waals surface area contributed by atoms with Crippen molar-refractivity contribution in [2.75, 3.05) is 52.4 Å². The van der Waals surface area contributed by atoms with Gasteiger partial charge in [0.25, 0.3) is 11.8 Å². The Balaban J connectivity index is 0.795. The summed E-state index contributed by atoms with van der Waals surface area (Å²) in [5.41, 5.74) is 9.55. The van der Waals surface area contributed by atoms with Crippen molar-refractivity contribution in [3.8, 4) is 0 Å². The number of aromatic nitrogens is 6. The van der Waals surface area contributed by atoms with Crippen LogP contribution in [0.25, 0.3) is 11.0 Å². The normalized spacial score (nSPS) is 12.9. The third-order valence-corrected chi connectivity index (χ3v) is 16.2. The lowest BCUT2D eigenvalue weighted by molar-refractivity contribution is -0.144. The number of ketones is 2. The average molecular weight is 1120 g/mol. The number of fused-ring (bicyclic) bond motifs is 2. The van der Waals surface area contributed by atoms with Gasteiger partial charge in [-0.05, 0) is 195 Å². The van der Waals surface area contributed by atoms with Crippen LogP contribution in [0.2, 0.25) is 0 Å². The van der Waals surface area contributed by atoms with Crippen LogP contribution in [0.3, 0.4) is 0 Å². The van der Waals surface area contributed by atoms with Crippen LogP contribution in [0.4, 0.5) is 0 Å². The lowest BCUT2D eigenvalue weighted by atomic mass is 9.89. The molecule has 436 valence electrons. The molecule has 7 aromatic rings. The fraction of sp³-hybridized carbons (Fsp3) is 0.485. The van der Waals surface area contributed by atoms with Crippen LogP contribution in [-0.4, -0.2) is 132 Å². The van der Waals surface area contributed by atoms with E-state index in [0.29, 0.717) is 58.5 Å². The molecule has 0 atom stereocenters. The zero-order chi connectivity index (χ0) is 58.0. The zero-order valence-electron chi connectivity index (χ0n) is 49.4. The van der Waals surface area contributed by atoms with Crippen LogP contribution < -0.4 is 5.32 Å². The van der Waals surface area contributed by atoms with Gasteiger partial charge in [-0.25, -0.2) is 0 Å². The molecule has 1 aliphatic rings. The topological polar surface area (TPSA) is 180 Å². The Morgan fingerprint density at radius 3 is 1.77 bits per heavy atom. The second-order valence-electron chi connectivity index (χ2n) is 22.4. The molecular weight excluding hydrogens is 1030 g/mol. The highest BCUT2D eigenvalue weighted by atomic mass is 16.5. The van der Waals surface area contributed by atoms with E-state index in [1.165, 1.54) is 11.1 Å². The van der Waals surface area contributed by atoms with Crippen LogP contribution >= 0.6 is 0 Å². The fourth-order valence-corrected chi connectivity index (χ4v) is 11.3. The first-order chi connectivity index (χ1) is 39.9. The minimum absolute atomic E-state index is 0.0266. The van der Waals surface area contributed by atoms with E-state index in [-0.39, 0.29) is 42.5 Å². The molecule has 5 aromatic heterocycles. The summed E-state index contributed by atoms with van der Waals surface area (Å²) >= 11 is 0. The highest BCUT2D eigenvalue weighted by Gasteiger charge is 2.27. The maximum atomic E-state index is 14.3. The maximum absolute atomic E-state index is 14.3. The number of carbonyl (C=O) groups excluding carboxylic acids is 5. The Bertz CT molecular complexity index is 3210. The predicted molar refractivity (Wildman–Crippen MR) is 322 cm³/mol. The molecule has 2 aromatic carbocycles. The number of carbonyl (C=O) groups is 5. The van der Waals surface area contributed by atoms with Crippen LogP contribution in [0, 0.1) is 0 Å².